The fraction of sp³-hybridized carbons (Fsp3) is 0.300. The maximum Gasteiger partial charge on any atom is 0.260 e. The molecular weight excluding hydrogens is 433 g/mol. The largest absolute Gasteiger partial charge is 0.486 e. The Hall–Kier alpha value is -2.06. The highest BCUT2D eigenvalue weighted by Crippen LogP contribution is 2.39. The van der Waals surface area contributed by atoms with E-state index in [9.17, 15) is 4.79 Å². The molecule has 154 valence electrons. The second kappa shape index (κ2) is 9.17. The summed E-state index contributed by atoms with van der Waals surface area (Å²) >= 11 is 7.44. The monoisotopic (exact) mass is 453 g/mol. The molecule has 4 rings (SSSR count). The minimum absolute atomic E-state index is 0. The highest BCUT2D eigenvalue weighted by atomic mass is 35.5. The number of rotatable bonds is 5. The van der Waals surface area contributed by atoms with Crippen LogP contribution >= 0.6 is 35.3 Å². The molecule has 0 fully saturated rings. The van der Waals surface area contributed by atoms with Crippen molar-refractivity contribution in [2.24, 2.45) is 0 Å². The van der Waals surface area contributed by atoms with E-state index in [2.05, 4.69) is 0 Å². The molecule has 1 aromatic heterocycles. The fourth-order valence-corrected chi connectivity index (χ4v) is 4.03. The molecule has 3 aromatic rings. The molecule has 2 aromatic carbocycles. The number of ether oxygens (including phenoxy) is 2. The lowest BCUT2D eigenvalue weighted by Gasteiger charge is -2.22. The molecule has 0 atom stereocenters. The first-order valence-electron chi connectivity index (χ1n) is 8.93. The summed E-state index contributed by atoms with van der Waals surface area (Å²) in [5, 5.41) is 1.25. The van der Waals surface area contributed by atoms with E-state index in [-0.39, 0.29) is 18.3 Å². The van der Waals surface area contributed by atoms with Gasteiger partial charge in [0, 0.05) is 35.8 Å². The molecule has 9 heteroatoms. The van der Waals surface area contributed by atoms with E-state index in [1.807, 2.05) is 31.1 Å². The number of likely N-dealkylation sites (N-methyl/N-ethyl adjacent to an activating group) is 1. The maximum absolute atomic E-state index is 13.2. The normalized spacial score (nSPS) is 12.7. The average molecular weight is 454 g/mol. The van der Waals surface area contributed by atoms with Gasteiger partial charge in [0.25, 0.3) is 5.91 Å². The number of aromatic nitrogens is 1. The third kappa shape index (κ3) is 4.75. The van der Waals surface area contributed by atoms with Gasteiger partial charge in [0.1, 0.15) is 13.2 Å². The summed E-state index contributed by atoms with van der Waals surface area (Å²) in [6.07, 6.45) is 0. The first kappa shape index (κ1) is 21.6. The molecule has 6 nitrogen and oxygen atoms in total. The first-order valence-corrected chi connectivity index (χ1v) is 10.1. The quantitative estimate of drug-likeness (QED) is 0.574. The summed E-state index contributed by atoms with van der Waals surface area (Å²) in [7, 11) is 3.96. The Bertz CT molecular complexity index is 965. The highest BCUT2D eigenvalue weighted by molar-refractivity contribution is 7.22. The van der Waals surface area contributed by atoms with Gasteiger partial charge in [-0.25, -0.2) is 4.98 Å². The third-order valence-electron chi connectivity index (χ3n) is 4.38. The van der Waals surface area contributed by atoms with Crippen LogP contribution in [0.4, 0.5) is 5.13 Å². The van der Waals surface area contributed by atoms with E-state index in [1.54, 1.807) is 29.2 Å². The second-order valence-corrected chi connectivity index (χ2v) is 8.17. The molecule has 2 heterocycles. The number of amides is 1. The molecule has 0 unspecified atom stereocenters. The summed E-state index contributed by atoms with van der Waals surface area (Å²) < 4.78 is 12.3. The molecule has 0 saturated carbocycles. The lowest BCUT2D eigenvalue weighted by atomic mass is 10.2. The molecule has 29 heavy (non-hydrogen) atoms. The van der Waals surface area contributed by atoms with Gasteiger partial charge in [-0.05, 0) is 38.4 Å². The van der Waals surface area contributed by atoms with Crippen molar-refractivity contribution in [2.75, 3.05) is 45.3 Å². The van der Waals surface area contributed by atoms with Crippen LogP contribution in [0.3, 0.4) is 0 Å². The Morgan fingerprint density at radius 3 is 2.41 bits per heavy atom. The summed E-state index contributed by atoms with van der Waals surface area (Å²) in [6.45, 7) is 2.31. The van der Waals surface area contributed by atoms with Crippen molar-refractivity contribution in [1.29, 1.82) is 0 Å². The molecule has 0 saturated heterocycles. The lowest BCUT2D eigenvalue weighted by molar-refractivity contribution is 0.0985. The second-order valence-electron chi connectivity index (χ2n) is 6.73. The topological polar surface area (TPSA) is 54.9 Å². The van der Waals surface area contributed by atoms with Gasteiger partial charge < -0.3 is 14.4 Å². The van der Waals surface area contributed by atoms with Gasteiger partial charge in [-0.3, -0.25) is 9.69 Å². The fourth-order valence-electron chi connectivity index (χ4n) is 2.90. The van der Waals surface area contributed by atoms with Crippen LogP contribution in [0.15, 0.2) is 36.4 Å². The van der Waals surface area contributed by atoms with Gasteiger partial charge in [-0.2, -0.15) is 0 Å². The van der Waals surface area contributed by atoms with Crippen LogP contribution in [0.1, 0.15) is 10.4 Å². The Kier molecular flexibility index (Phi) is 6.85. The van der Waals surface area contributed by atoms with Gasteiger partial charge >= 0.3 is 0 Å². The number of thiazole rings is 1. The first-order chi connectivity index (χ1) is 13.5. The maximum atomic E-state index is 13.2. The van der Waals surface area contributed by atoms with E-state index >= 15 is 0 Å². The minimum Gasteiger partial charge on any atom is -0.486 e. The van der Waals surface area contributed by atoms with Crippen LogP contribution in [-0.2, 0) is 0 Å². The van der Waals surface area contributed by atoms with Crippen LogP contribution in [0.5, 0.6) is 11.5 Å². The zero-order valence-corrected chi connectivity index (χ0v) is 18.4. The number of halogens is 2. The number of benzene rings is 2. The van der Waals surface area contributed by atoms with Crippen LogP contribution in [0.2, 0.25) is 5.02 Å². The van der Waals surface area contributed by atoms with Gasteiger partial charge in [0.05, 0.1) is 10.2 Å². The molecule has 1 amide bonds. The van der Waals surface area contributed by atoms with Crippen molar-refractivity contribution in [2.45, 2.75) is 0 Å². The van der Waals surface area contributed by atoms with Crippen molar-refractivity contribution < 1.29 is 14.3 Å². The Morgan fingerprint density at radius 2 is 1.76 bits per heavy atom. The Morgan fingerprint density at radius 1 is 1.10 bits per heavy atom. The van der Waals surface area contributed by atoms with Crippen LogP contribution in [-0.4, -0.2) is 56.2 Å². The zero-order valence-electron chi connectivity index (χ0n) is 16.1. The minimum atomic E-state index is -0.102. The Labute approximate surface area is 184 Å². The summed E-state index contributed by atoms with van der Waals surface area (Å²) in [4.78, 5) is 21.6. The number of hydrogen-bond donors (Lipinski definition) is 0. The molecular formula is C20H21Cl2N3O3S. The zero-order chi connectivity index (χ0) is 19.7. The number of carbonyl (C=O) groups is 1. The predicted molar refractivity (Wildman–Crippen MR) is 120 cm³/mol. The van der Waals surface area contributed by atoms with E-state index in [0.29, 0.717) is 41.2 Å². The van der Waals surface area contributed by atoms with Gasteiger partial charge in [0.2, 0.25) is 0 Å². The van der Waals surface area contributed by atoms with Gasteiger partial charge in [0.15, 0.2) is 16.6 Å². The van der Waals surface area contributed by atoms with Crippen molar-refractivity contribution in [1.82, 2.24) is 9.88 Å². The summed E-state index contributed by atoms with van der Waals surface area (Å²) in [6, 6.07) is 10.7. The molecule has 0 N–H and O–H groups in total. The number of fused-ring (bicyclic) bond motifs is 2. The number of carbonyl (C=O) groups excluding carboxylic acids is 1. The number of nitrogens with zero attached hydrogens (tertiary/aromatic N) is 3. The van der Waals surface area contributed by atoms with Crippen molar-refractivity contribution in [3.8, 4) is 11.5 Å². The number of anilines is 1. The lowest BCUT2D eigenvalue weighted by Crippen LogP contribution is -2.36. The smallest absolute Gasteiger partial charge is 0.260 e. The van der Waals surface area contributed by atoms with E-state index in [1.165, 1.54) is 11.3 Å². The summed E-state index contributed by atoms with van der Waals surface area (Å²) in [5.74, 6) is 1.31. The summed E-state index contributed by atoms with van der Waals surface area (Å²) in [5.41, 5.74) is 1.37. The van der Waals surface area contributed by atoms with E-state index in [0.717, 1.165) is 22.5 Å². The van der Waals surface area contributed by atoms with E-state index < -0.39 is 0 Å². The third-order valence-corrected chi connectivity index (χ3v) is 5.67. The van der Waals surface area contributed by atoms with Gasteiger partial charge in [-0.1, -0.05) is 22.9 Å². The molecule has 1 aliphatic heterocycles. The number of hydrogen-bond acceptors (Lipinski definition) is 6. The highest BCUT2D eigenvalue weighted by Gasteiger charge is 2.23. The van der Waals surface area contributed by atoms with Crippen molar-refractivity contribution in [3.63, 3.8) is 0 Å². The van der Waals surface area contributed by atoms with Crippen LogP contribution in [0.25, 0.3) is 10.2 Å². The SMILES string of the molecule is CN(C)CCN(C(=O)c1ccc(Cl)cc1)c1nc2cc3c(cc2s1)OCCO3.Cl. The molecule has 0 aliphatic carbocycles. The van der Waals surface area contributed by atoms with Crippen LogP contribution in [0, 0.1) is 0 Å². The van der Waals surface area contributed by atoms with Crippen LogP contribution < -0.4 is 14.4 Å². The standard InChI is InChI=1S/C20H20ClN3O3S.ClH/c1-23(2)7-8-24(19(25)13-3-5-14(21)6-4-13)20-22-15-11-16-17(12-18(15)28-20)27-10-9-26-16;/h3-6,11-12H,7-10H2,1-2H3;1H. The Balaban J connectivity index is 0.00000240. The molecule has 0 radical (unpaired) electrons. The molecule has 1 aliphatic rings. The van der Waals surface area contributed by atoms with Crippen molar-refractivity contribution in [3.05, 3.63) is 47.0 Å². The molecule has 0 bridgehead atoms. The predicted octanol–water partition coefficient (Wildman–Crippen LogP) is 4.35. The van der Waals surface area contributed by atoms with Crippen molar-refractivity contribution >= 4 is 56.6 Å². The van der Waals surface area contributed by atoms with E-state index in [4.69, 9.17) is 26.1 Å². The average Bonchev–Trinajstić information content (AvgIpc) is 3.08. The molecule has 0 spiro atoms. The van der Waals surface area contributed by atoms with Gasteiger partial charge in [-0.15, -0.1) is 12.4 Å².